The van der Waals surface area contributed by atoms with Gasteiger partial charge in [0.1, 0.15) is 0 Å². The number of carbonyl (C=O) groups excluding carboxylic acids is 1. The van der Waals surface area contributed by atoms with Gasteiger partial charge in [0.15, 0.2) is 6.29 Å². The SMILES string of the molecule is N#Cc1ccc(NC2NCCC(=O)N2)cc1. The van der Waals surface area contributed by atoms with Gasteiger partial charge in [0.2, 0.25) is 5.91 Å². The summed E-state index contributed by atoms with van der Waals surface area (Å²) in [5.74, 6) is 0.0323. The number of amides is 1. The van der Waals surface area contributed by atoms with E-state index in [0.29, 0.717) is 18.5 Å². The first kappa shape index (κ1) is 10.5. The quantitative estimate of drug-likeness (QED) is 0.667. The van der Waals surface area contributed by atoms with E-state index in [9.17, 15) is 4.79 Å². The largest absolute Gasteiger partial charge is 0.353 e. The Morgan fingerprint density at radius 1 is 1.38 bits per heavy atom. The van der Waals surface area contributed by atoms with Crippen molar-refractivity contribution in [2.75, 3.05) is 11.9 Å². The highest BCUT2D eigenvalue weighted by atomic mass is 16.2. The first-order valence-electron chi connectivity index (χ1n) is 5.07. The Balaban J connectivity index is 1.98. The fraction of sp³-hybridized carbons (Fsp3) is 0.273. The van der Waals surface area contributed by atoms with Crippen molar-refractivity contribution < 1.29 is 4.79 Å². The van der Waals surface area contributed by atoms with Gasteiger partial charge >= 0.3 is 0 Å². The molecule has 1 aromatic carbocycles. The van der Waals surface area contributed by atoms with E-state index in [0.717, 1.165) is 5.69 Å². The van der Waals surface area contributed by atoms with Crippen LogP contribution in [0, 0.1) is 11.3 Å². The predicted molar refractivity (Wildman–Crippen MR) is 59.3 cm³/mol. The Hall–Kier alpha value is -2.06. The number of nitrogens with one attached hydrogen (secondary N) is 3. The fourth-order valence-electron chi connectivity index (χ4n) is 1.51. The van der Waals surface area contributed by atoms with E-state index in [2.05, 4.69) is 22.0 Å². The zero-order valence-corrected chi connectivity index (χ0v) is 8.66. The van der Waals surface area contributed by atoms with E-state index in [-0.39, 0.29) is 12.2 Å². The maximum atomic E-state index is 11.1. The highest BCUT2D eigenvalue weighted by Gasteiger charge is 2.16. The number of hydrogen-bond donors (Lipinski definition) is 3. The molecule has 3 N–H and O–H groups in total. The van der Waals surface area contributed by atoms with E-state index in [1.165, 1.54) is 0 Å². The number of rotatable bonds is 2. The van der Waals surface area contributed by atoms with Crippen LogP contribution in [0.3, 0.4) is 0 Å². The molecule has 0 spiro atoms. The van der Waals surface area contributed by atoms with Crippen LogP contribution in [0.1, 0.15) is 12.0 Å². The molecule has 82 valence electrons. The summed E-state index contributed by atoms with van der Waals surface area (Å²) in [7, 11) is 0. The second-order valence-electron chi connectivity index (χ2n) is 3.54. The zero-order valence-electron chi connectivity index (χ0n) is 8.66. The summed E-state index contributed by atoms with van der Waals surface area (Å²) < 4.78 is 0. The molecule has 1 aromatic rings. The molecule has 2 rings (SSSR count). The lowest BCUT2D eigenvalue weighted by Gasteiger charge is -2.26. The smallest absolute Gasteiger partial charge is 0.223 e. The molecular formula is C11H12N4O. The minimum Gasteiger partial charge on any atom is -0.353 e. The average molecular weight is 216 g/mol. The monoisotopic (exact) mass is 216 g/mol. The molecule has 0 radical (unpaired) electrons. The Kier molecular flexibility index (Phi) is 3.03. The van der Waals surface area contributed by atoms with Crippen molar-refractivity contribution in [3.63, 3.8) is 0 Å². The third kappa shape index (κ3) is 2.49. The Bertz CT molecular complexity index is 421. The lowest BCUT2D eigenvalue weighted by molar-refractivity contribution is -0.123. The normalized spacial score (nSPS) is 19.7. The van der Waals surface area contributed by atoms with Crippen LogP contribution in [0.2, 0.25) is 0 Å². The van der Waals surface area contributed by atoms with E-state index < -0.39 is 0 Å². The van der Waals surface area contributed by atoms with Crippen LogP contribution >= 0.6 is 0 Å². The number of carbonyl (C=O) groups is 1. The minimum absolute atomic E-state index is 0.0323. The van der Waals surface area contributed by atoms with Crippen molar-refractivity contribution in [3.05, 3.63) is 29.8 Å². The van der Waals surface area contributed by atoms with E-state index in [1.54, 1.807) is 24.3 Å². The summed E-state index contributed by atoms with van der Waals surface area (Å²) in [6.07, 6.45) is 0.264. The number of nitrogens with zero attached hydrogens (tertiary/aromatic N) is 1. The van der Waals surface area contributed by atoms with E-state index >= 15 is 0 Å². The molecule has 1 heterocycles. The van der Waals surface area contributed by atoms with Gasteiger partial charge in [0.05, 0.1) is 11.6 Å². The molecular weight excluding hydrogens is 204 g/mol. The van der Waals surface area contributed by atoms with Crippen LogP contribution < -0.4 is 16.0 Å². The standard InChI is InChI=1S/C11H12N4O/c12-7-8-1-3-9(4-2-8)14-11-13-6-5-10(16)15-11/h1-4,11,13-14H,5-6H2,(H,15,16). The molecule has 1 amide bonds. The van der Waals surface area contributed by atoms with Crippen LogP contribution in [-0.2, 0) is 4.79 Å². The maximum absolute atomic E-state index is 11.1. The number of nitriles is 1. The Morgan fingerprint density at radius 2 is 2.12 bits per heavy atom. The van der Waals surface area contributed by atoms with Gasteiger partial charge in [0.25, 0.3) is 0 Å². The van der Waals surface area contributed by atoms with Gasteiger partial charge in [-0.3, -0.25) is 10.1 Å². The molecule has 0 aliphatic carbocycles. The van der Waals surface area contributed by atoms with Gasteiger partial charge < -0.3 is 10.6 Å². The van der Waals surface area contributed by atoms with Gasteiger partial charge in [-0.1, -0.05) is 0 Å². The molecule has 0 aromatic heterocycles. The Labute approximate surface area is 93.5 Å². The molecule has 1 unspecified atom stereocenters. The number of anilines is 1. The van der Waals surface area contributed by atoms with Crippen molar-refractivity contribution in [2.45, 2.75) is 12.7 Å². The van der Waals surface area contributed by atoms with E-state index in [1.807, 2.05) is 0 Å². The molecule has 1 atom stereocenters. The van der Waals surface area contributed by atoms with Crippen LogP contribution in [0.25, 0.3) is 0 Å². The molecule has 1 aliphatic rings. The molecule has 5 heteroatoms. The first-order valence-corrected chi connectivity index (χ1v) is 5.07. The van der Waals surface area contributed by atoms with E-state index in [4.69, 9.17) is 5.26 Å². The molecule has 0 saturated carbocycles. The summed E-state index contributed by atoms with van der Waals surface area (Å²) in [6, 6.07) is 9.12. The minimum atomic E-state index is -0.241. The highest BCUT2D eigenvalue weighted by Crippen LogP contribution is 2.09. The lowest BCUT2D eigenvalue weighted by Crippen LogP contribution is -2.55. The summed E-state index contributed by atoms with van der Waals surface area (Å²) in [4.78, 5) is 11.1. The summed E-state index contributed by atoms with van der Waals surface area (Å²) >= 11 is 0. The summed E-state index contributed by atoms with van der Waals surface area (Å²) in [6.45, 7) is 0.666. The molecule has 0 bridgehead atoms. The summed E-state index contributed by atoms with van der Waals surface area (Å²) in [5.41, 5.74) is 1.48. The maximum Gasteiger partial charge on any atom is 0.223 e. The van der Waals surface area contributed by atoms with Gasteiger partial charge in [-0.25, -0.2) is 0 Å². The number of hydrogen-bond acceptors (Lipinski definition) is 4. The fourth-order valence-corrected chi connectivity index (χ4v) is 1.51. The Morgan fingerprint density at radius 3 is 2.75 bits per heavy atom. The highest BCUT2D eigenvalue weighted by molar-refractivity contribution is 5.77. The van der Waals surface area contributed by atoms with Gasteiger partial charge in [0, 0.05) is 18.7 Å². The second kappa shape index (κ2) is 4.64. The third-order valence-corrected chi connectivity index (χ3v) is 2.33. The van der Waals surface area contributed by atoms with Gasteiger partial charge in [-0.15, -0.1) is 0 Å². The van der Waals surface area contributed by atoms with Crippen molar-refractivity contribution >= 4 is 11.6 Å². The van der Waals surface area contributed by atoms with Crippen LogP contribution in [0.5, 0.6) is 0 Å². The molecule has 5 nitrogen and oxygen atoms in total. The van der Waals surface area contributed by atoms with Crippen LogP contribution in [-0.4, -0.2) is 18.7 Å². The van der Waals surface area contributed by atoms with Crippen molar-refractivity contribution in [3.8, 4) is 6.07 Å². The van der Waals surface area contributed by atoms with Gasteiger partial charge in [-0.2, -0.15) is 5.26 Å². The summed E-state index contributed by atoms with van der Waals surface area (Å²) in [5, 5.41) is 17.6. The second-order valence-corrected chi connectivity index (χ2v) is 3.54. The topological polar surface area (TPSA) is 77.0 Å². The number of benzene rings is 1. The zero-order chi connectivity index (χ0) is 11.4. The van der Waals surface area contributed by atoms with Crippen molar-refractivity contribution in [2.24, 2.45) is 0 Å². The van der Waals surface area contributed by atoms with Gasteiger partial charge in [-0.05, 0) is 24.3 Å². The average Bonchev–Trinajstić information content (AvgIpc) is 2.30. The molecule has 1 saturated heterocycles. The third-order valence-electron chi connectivity index (χ3n) is 2.33. The van der Waals surface area contributed by atoms with Crippen molar-refractivity contribution in [1.29, 1.82) is 5.26 Å². The van der Waals surface area contributed by atoms with Crippen LogP contribution in [0.15, 0.2) is 24.3 Å². The lowest BCUT2D eigenvalue weighted by atomic mass is 10.2. The van der Waals surface area contributed by atoms with Crippen molar-refractivity contribution in [1.82, 2.24) is 10.6 Å². The molecule has 16 heavy (non-hydrogen) atoms. The molecule has 1 aliphatic heterocycles. The predicted octanol–water partition coefficient (Wildman–Crippen LogP) is 0.363. The molecule has 1 fully saturated rings. The van der Waals surface area contributed by atoms with Crippen LogP contribution in [0.4, 0.5) is 5.69 Å². The first-order chi connectivity index (χ1) is 7.78.